The number of benzene rings is 1. The van der Waals surface area contributed by atoms with Crippen molar-refractivity contribution in [3.63, 3.8) is 0 Å². The zero-order valence-electron chi connectivity index (χ0n) is 11.6. The summed E-state index contributed by atoms with van der Waals surface area (Å²) in [5, 5.41) is 4.44. The molecule has 0 unspecified atom stereocenters. The van der Waals surface area contributed by atoms with Crippen LogP contribution in [0, 0.1) is 0 Å². The van der Waals surface area contributed by atoms with E-state index in [1.165, 1.54) is 12.1 Å². The summed E-state index contributed by atoms with van der Waals surface area (Å²) < 4.78 is 30.3. The Kier molecular flexibility index (Phi) is 3.65. The molecule has 0 atom stereocenters. The summed E-state index contributed by atoms with van der Waals surface area (Å²) in [6.45, 7) is 3.22. The van der Waals surface area contributed by atoms with Gasteiger partial charge in [-0.25, -0.2) is 0 Å². The number of aromatic nitrogens is 2. The van der Waals surface area contributed by atoms with E-state index in [2.05, 4.69) is 9.84 Å². The maximum Gasteiger partial charge on any atom is 0.387 e. The second-order valence-electron chi connectivity index (χ2n) is 5.45. The molecular formula is C14H17F2N3O. The molecule has 0 aliphatic heterocycles. The lowest BCUT2D eigenvalue weighted by molar-refractivity contribution is -0.0498. The molecule has 108 valence electrons. The molecule has 0 aliphatic rings. The first-order chi connectivity index (χ1) is 9.27. The minimum Gasteiger partial charge on any atom is -0.435 e. The van der Waals surface area contributed by atoms with Crippen molar-refractivity contribution < 1.29 is 13.5 Å². The van der Waals surface area contributed by atoms with Gasteiger partial charge in [-0.1, -0.05) is 0 Å². The fourth-order valence-electron chi connectivity index (χ4n) is 1.75. The highest BCUT2D eigenvalue weighted by Crippen LogP contribution is 2.28. The third-order valence-corrected chi connectivity index (χ3v) is 2.78. The Morgan fingerprint density at radius 1 is 1.20 bits per heavy atom. The zero-order chi connectivity index (χ0) is 14.9. The van der Waals surface area contributed by atoms with E-state index < -0.39 is 6.61 Å². The minimum atomic E-state index is -2.83. The Balaban J connectivity index is 2.30. The van der Waals surface area contributed by atoms with Crippen molar-refractivity contribution in [2.45, 2.75) is 32.9 Å². The van der Waals surface area contributed by atoms with Crippen LogP contribution >= 0.6 is 0 Å². The van der Waals surface area contributed by atoms with Crippen LogP contribution < -0.4 is 10.5 Å². The highest BCUT2D eigenvalue weighted by molar-refractivity contribution is 5.72. The van der Waals surface area contributed by atoms with E-state index in [1.807, 2.05) is 20.8 Å². The SMILES string of the molecule is CC(C)(C)n1cc(N)c(-c2ccc(OC(F)F)cc2)n1. The van der Waals surface area contributed by atoms with Gasteiger partial charge in [-0.05, 0) is 45.0 Å². The van der Waals surface area contributed by atoms with Gasteiger partial charge in [0.1, 0.15) is 11.4 Å². The number of nitrogen functional groups attached to an aromatic ring is 1. The summed E-state index contributed by atoms with van der Waals surface area (Å²) in [5.74, 6) is 0.109. The molecule has 1 aromatic heterocycles. The molecule has 20 heavy (non-hydrogen) atoms. The number of nitrogens with zero attached hydrogens (tertiary/aromatic N) is 2. The van der Waals surface area contributed by atoms with Gasteiger partial charge in [0.05, 0.1) is 11.2 Å². The molecule has 4 nitrogen and oxygen atoms in total. The number of halogens is 2. The number of ether oxygens (including phenoxy) is 1. The lowest BCUT2D eigenvalue weighted by Gasteiger charge is -2.18. The van der Waals surface area contributed by atoms with Gasteiger partial charge < -0.3 is 10.5 Å². The monoisotopic (exact) mass is 281 g/mol. The van der Waals surface area contributed by atoms with E-state index in [0.29, 0.717) is 11.4 Å². The van der Waals surface area contributed by atoms with Gasteiger partial charge in [0.25, 0.3) is 0 Å². The second-order valence-corrected chi connectivity index (χ2v) is 5.45. The van der Waals surface area contributed by atoms with Crippen LogP contribution in [-0.4, -0.2) is 16.4 Å². The fourth-order valence-corrected chi connectivity index (χ4v) is 1.75. The zero-order valence-corrected chi connectivity index (χ0v) is 11.6. The van der Waals surface area contributed by atoms with Crippen molar-refractivity contribution in [2.75, 3.05) is 5.73 Å². The first-order valence-electron chi connectivity index (χ1n) is 6.18. The van der Waals surface area contributed by atoms with Gasteiger partial charge in [-0.2, -0.15) is 13.9 Å². The highest BCUT2D eigenvalue weighted by atomic mass is 19.3. The Morgan fingerprint density at radius 3 is 2.25 bits per heavy atom. The van der Waals surface area contributed by atoms with Crippen LogP contribution in [-0.2, 0) is 5.54 Å². The number of rotatable bonds is 3. The average molecular weight is 281 g/mol. The molecule has 0 spiro atoms. The van der Waals surface area contributed by atoms with Crippen LogP contribution in [0.25, 0.3) is 11.3 Å². The normalized spacial score (nSPS) is 11.9. The smallest absolute Gasteiger partial charge is 0.387 e. The largest absolute Gasteiger partial charge is 0.435 e. The molecule has 6 heteroatoms. The number of hydrogen-bond acceptors (Lipinski definition) is 3. The van der Waals surface area contributed by atoms with Crippen LogP contribution in [0.2, 0.25) is 0 Å². The summed E-state index contributed by atoms with van der Waals surface area (Å²) in [7, 11) is 0. The van der Waals surface area contributed by atoms with Crippen molar-refractivity contribution in [1.82, 2.24) is 9.78 Å². The maximum absolute atomic E-state index is 12.1. The van der Waals surface area contributed by atoms with Gasteiger partial charge in [0.15, 0.2) is 0 Å². The second kappa shape index (κ2) is 5.11. The lowest BCUT2D eigenvalue weighted by Crippen LogP contribution is -2.22. The van der Waals surface area contributed by atoms with E-state index in [4.69, 9.17) is 5.73 Å². The molecule has 1 aromatic carbocycles. The van der Waals surface area contributed by atoms with Crippen molar-refractivity contribution in [1.29, 1.82) is 0 Å². The van der Waals surface area contributed by atoms with Crippen LogP contribution in [0.15, 0.2) is 30.5 Å². The van der Waals surface area contributed by atoms with E-state index >= 15 is 0 Å². The molecule has 0 aliphatic carbocycles. The Labute approximate surface area is 116 Å². The lowest BCUT2D eigenvalue weighted by atomic mass is 10.1. The van der Waals surface area contributed by atoms with Gasteiger partial charge in [-0.15, -0.1) is 0 Å². The van der Waals surface area contributed by atoms with E-state index in [1.54, 1.807) is 23.0 Å². The first-order valence-corrected chi connectivity index (χ1v) is 6.18. The van der Waals surface area contributed by atoms with E-state index in [0.717, 1.165) is 5.56 Å². The minimum absolute atomic E-state index is 0.109. The molecule has 0 radical (unpaired) electrons. The maximum atomic E-state index is 12.1. The topological polar surface area (TPSA) is 53.1 Å². The predicted octanol–water partition coefficient (Wildman–Crippen LogP) is 3.49. The predicted molar refractivity (Wildman–Crippen MR) is 73.7 cm³/mol. The molecule has 2 aromatic rings. The number of anilines is 1. The van der Waals surface area contributed by atoms with Crippen LogP contribution in [0.4, 0.5) is 14.5 Å². The van der Waals surface area contributed by atoms with Crippen molar-refractivity contribution >= 4 is 5.69 Å². The van der Waals surface area contributed by atoms with Gasteiger partial charge in [-0.3, -0.25) is 4.68 Å². The number of nitrogens with two attached hydrogens (primary N) is 1. The molecule has 0 bridgehead atoms. The van der Waals surface area contributed by atoms with Crippen LogP contribution in [0.3, 0.4) is 0 Å². The molecule has 2 rings (SSSR count). The third-order valence-electron chi connectivity index (χ3n) is 2.78. The summed E-state index contributed by atoms with van der Waals surface area (Å²) in [4.78, 5) is 0. The van der Waals surface area contributed by atoms with Gasteiger partial charge in [0, 0.05) is 11.8 Å². The standard InChI is InChI=1S/C14H17F2N3O/c1-14(2,3)19-8-11(17)12(18-19)9-4-6-10(7-5-9)20-13(15)16/h4-8,13H,17H2,1-3H3. The average Bonchev–Trinajstić information content (AvgIpc) is 2.71. The molecule has 0 fully saturated rings. The van der Waals surface area contributed by atoms with Crippen LogP contribution in [0.5, 0.6) is 5.75 Å². The Hall–Kier alpha value is -2.11. The first kappa shape index (κ1) is 14.3. The summed E-state index contributed by atoms with van der Waals surface area (Å²) >= 11 is 0. The Morgan fingerprint density at radius 2 is 1.80 bits per heavy atom. The van der Waals surface area contributed by atoms with Crippen molar-refractivity contribution in [3.05, 3.63) is 30.5 Å². The van der Waals surface area contributed by atoms with Crippen molar-refractivity contribution in [3.8, 4) is 17.0 Å². The molecule has 0 saturated carbocycles. The van der Waals surface area contributed by atoms with Crippen molar-refractivity contribution in [2.24, 2.45) is 0 Å². The molecule has 1 heterocycles. The number of hydrogen-bond donors (Lipinski definition) is 1. The van der Waals surface area contributed by atoms with Gasteiger partial charge >= 0.3 is 6.61 Å². The molecular weight excluding hydrogens is 264 g/mol. The number of alkyl halides is 2. The summed E-state index contributed by atoms with van der Waals surface area (Å²) in [6, 6.07) is 6.25. The fraction of sp³-hybridized carbons (Fsp3) is 0.357. The highest BCUT2D eigenvalue weighted by Gasteiger charge is 2.17. The molecule has 2 N–H and O–H groups in total. The third kappa shape index (κ3) is 3.07. The Bertz CT molecular complexity index is 585. The quantitative estimate of drug-likeness (QED) is 0.937. The van der Waals surface area contributed by atoms with Crippen LogP contribution in [0.1, 0.15) is 20.8 Å². The summed E-state index contributed by atoms with van der Waals surface area (Å²) in [5.41, 5.74) is 7.71. The summed E-state index contributed by atoms with van der Waals surface area (Å²) in [6.07, 6.45) is 1.76. The van der Waals surface area contributed by atoms with E-state index in [9.17, 15) is 8.78 Å². The molecule has 0 amide bonds. The molecule has 0 saturated heterocycles. The van der Waals surface area contributed by atoms with E-state index in [-0.39, 0.29) is 11.3 Å². The van der Waals surface area contributed by atoms with Gasteiger partial charge in [0.2, 0.25) is 0 Å².